The SMILES string of the molecule is C1CC(NC2CC3CCC2CC3)CS1. The van der Waals surface area contributed by atoms with Crippen LogP contribution >= 0.6 is 11.8 Å². The molecule has 1 N–H and O–H groups in total. The molecule has 4 fully saturated rings. The van der Waals surface area contributed by atoms with Crippen molar-refractivity contribution in [1.29, 1.82) is 0 Å². The van der Waals surface area contributed by atoms with E-state index in [1.54, 1.807) is 0 Å². The molecule has 1 nitrogen and oxygen atoms in total. The van der Waals surface area contributed by atoms with E-state index in [0.29, 0.717) is 0 Å². The summed E-state index contributed by atoms with van der Waals surface area (Å²) in [4.78, 5) is 0. The minimum atomic E-state index is 0.851. The lowest BCUT2D eigenvalue weighted by Crippen LogP contribution is -2.48. The quantitative estimate of drug-likeness (QED) is 0.753. The largest absolute Gasteiger partial charge is 0.310 e. The first kappa shape index (κ1) is 9.53. The average Bonchev–Trinajstić information content (AvgIpc) is 2.72. The summed E-state index contributed by atoms with van der Waals surface area (Å²) >= 11 is 2.13. The summed E-state index contributed by atoms with van der Waals surface area (Å²) in [6.45, 7) is 0. The zero-order valence-electron chi connectivity index (χ0n) is 8.87. The van der Waals surface area contributed by atoms with Crippen LogP contribution in [0.3, 0.4) is 0 Å². The van der Waals surface area contributed by atoms with E-state index < -0.39 is 0 Å². The lowest BCUT2D eigenvalue weighted by atomic mass is 9.68. The highest BCUT2D eigenvalue weighted by Gasteiger charge is 2.36. The summed E-state index contributed by atoms with van der Waals surface area (Å²) in [5.41, 5.74) is 0. The third kappa shape index (κ3) is 1.83. The lowest BCUT2D eigenvalue weighted by molar-refractivity contribution is 0.118. The van der Waals surface area contributed by atoms with Crippen molar-refractivity contribution in [3.8, 4) is 0 Å². The number of thioether (sulfide) groups is 1. The number of hydrogen-bond donors (Lipinski definition) is 1. The van der Waals surface area contributed by atoms with Crippen molar-refractivity contribution in [2.24, 2.45) is 11.8 Å². The van der Waals surface area contributed by atoms with E-state index in [1.807, 2.05) is 0 Å². The van der Waals surface area contributed by atoms with E-state index in [1.165, 1.54) is 50.0 Å². The third-order valence-electron chi connectivity index (χ3n) is 4.43. The van der Waals surface area contributed by atoms with Crippen molar-refractivity contribution >= 4 is 11.8 Å². The van der Waals surface area contributed by atoms with Crippen LogP contribution in [0.5, 0.6) is 0 Å². The predicted octanol–water partition coefficient (Wildman–Crippen LogP) is 2.66. The van der Waals surface area contributed by atoms with Gasteiger partial charge in [0, 0.05) is 17.8 Å². The van der Waals surface area contributed by atoms with Gasteiger partial charge in [0.1, 0.15) is 0 Å². The summed E-state index contributed by atoms with van der Waals surface area (Å²) in [5.74, 6) is 4.86. The van der Waals surface area contributed by atoms with Gasteiger partial charge in [-0.1, -0.05) is 12.8 Å². The molecule has 4 rings (SSSR count). The second-order valence-corrected chi connectivity index (χ2v) is 6.50. The second kappa shape index (κ2) is 4.05. The maximum atomic E-state index is 3.93. The third-order valence-corrected chi connectivity index (χ3v) is 5.59. The summed E-state index contributed by atoms with van der Waals surface area (Å²) < 4.78 is 0. The highest BCUT2D eigenvalue weighted by atomic mass is 32.2. The Morgan fingerprint density at radius 1 is 1.00 bits per heavy atom. The Hall–Kier alpha value is 0.310. The van der Waals surface area contributed by atoms with Gasteiger partial charge < -0.3 is 5.32 Å². The van der Waals surface area contributed by atoms with Gasteiger partial charge >= 0.3 is 0 Å². The summed E-state index contributed by atoms with van der Waals surface area (Å²) in [7, 11) is 0. The number of nitrogens with one attached hydrogen (secondary N) is 1. The normalized spacial score (nSPS) is 47.1. The van der Waals surface area contributed by atoms with E-state index in [-0.39, 0.29) is 0 Å². The Bertz CT molecular complexity index is 192. The van der Waals surface area contributed by atoms with E-state index in [2.05, 4.69) is 17.1 Å². The van der Waals surface area contributed by atoms with Gasteiger partial charge in [0.25, 0.3) is 0 Å². The molecule has 2 heteroatoms. The molecule has 3 saturated carbocycles. The highest BCUT2D eigenvalue weighted by Crippen LogP contribution is 2.41. The molecule has 2 bridgehead atoms. The van der Waals surface area contributed by atoms with Crippen molar-refractivity contribution < 1.29 is 0 Å². The van der Waals surface area contributed by atoms with Crippen LogP contribution in [-0.2, 0) is 0 Å². The fraction of sp³-hybridized carbons (Fsp3) is 1.00. The van der Waals surface area contributed by atoms with Crippen LogP contribution in [-0.4, -0.2) is 23.6 Å². The molecule has 0 aromatic rings. The standard InChI is InChI=1S/C12H21NS/c1-3-10-4-2-9(1)7-12(10)13-11-5-6-14-8-11/h9-13H,1-8H2. The summed E-state index contributed by atoms with van der Waals surface area (Å²) in [6, 6.07) is 1.75. The average molecular weight is 211 g/mol. The zero-order valence-corrected chi connectivity index (χ0v) is 9.69. The Morgan fingerprint density at radius 3 is 2.43 bits per heavy atom. The minimum Gasteiger partial charge on any atom is -0.310 e. The van der Waals surface area contributed by atoms with Crippen LogP contribution in [0.1, 0.15) is 38.5 Å². The van der Waals surface area contributed by atoms with Crippen LogP contribution < -0.4 is 5.32 Å². The molecule has 4 aliphatic rings. The van der Waals surface area contributed by atoms with Crippen molar-refractivity contribution in [1.82, 2.24) is 5.32 Å². The minimum absolute atomic E-state index is 0.851. The maximum Gasteiger partial charge on any atom is 0.0168 e. The van der Waals surface area contributed by atoms with E-state index in [4.69, 9.17) is 0 Å². The van der Waals surface area contributed by atoms with Gasteiger partial charge in [-0.05, 0) is 43.3 Å². The predicted molar refractivity (Wildman–Crippen MR) is 62.7 cm³/mol. The Kier molecular flexibility index (Phi) is 2.76. The fourth-order valence-corrected chi connectivity index (χ4v) is 4.72. The Balaban J connectivity index is 1.57. The summed E-state index contributed by atoms with van der Waals surface area (Å²) in [6.07, 6.45) is 9.00. The molecule has 14 heavy (non-hydrogen) atoms. The molecule has 0 radical (unpaired) electrons. The van der Waals surface area contributed by atoms with Crippen molar-refractivity contribution in [2.45, 2.75) is 50.6 Å². The van der Waals surface area contributed by atoms with E-state index in [9.17, 15) is 0 Å². The zero-order chi connectivity index (χ0) is 9.38. The molecule has 0 spiro atoms. The fourth-order valence-electron chi connectivity index (χ4n) is 3.55. The van der Waals surface area contributed by atoms with E-state index >= 15 is 0 Å². The smallest absolute Gasteiger partial charge is 0.0168 e. The first-order chi connectivity index (χ1) is 6.92. The molecule has 1 heterocycles. The van der Waals surface area contributed by atoms with Crippen LogP contribution in [0.4, 0.5) is 0 Å². The number of rotatable bonds is 2. The molecule has 2 atom stereocenters. The van der Waals surface area contributed by atoms with Crippen LogP contribution in [0.2, 0.25) is 0 Å². The molecule has 80 valence electrons. The van der Waals surface area contributed by atoms with Gasteiger partial charge in [0.05, 0.1) is 0 Å². The van der Waals surface area contributed by atoms with Crippen LogP contribution in [0, 0.1) is 11.8 Å². The van der Waals surface area contributed by atoms with Crippen molar-refractivity contribution in [2.75, 3.05) is 11.5 Å². The first-order valence-electron chi connectivity index (χ1n) is 6.25. The molecule has 3 aliphatic carbocycles. The van der Waals surface area contributed by atoms with Gasteiger partial charge in [-0.2, -0.15) is 11.8 Å². The van der Waals surface area contributed by atoms with Gasteiger partial charge in [0.15, 0.2) is 0 Å². The maximum absolute atomic E-state index is 3.93. The van der Waals surface area contributed by atoms with E-state index in [0.717, 1.165) is 23.9 Å². The molecule has 1 aliphatic heterocycles. The van der Waals surface area contributed by atoms with Crippen LogP contribution in [0.25, 0.3) is 0 Å². The van der Waals surface area contributed by atoms with Crippen molar-refractivity contribution in [3.63, 3.8) is 0 Å². The topological polar surface area (TPSA) is 12.0 Å². The van der Waals surface area contributed by atoms with Gasteiger partial charge in [0.2, 0.25) is 0 Å². The molecule has 0 aromatic carbocycles. The first-order valence-corrected chi connectivity index (χ1v) is 7.41. The second-order valence-electron chi connectivity index (χ2n) is 5.35. The number of hydrogen-bond acceptors (Lipinski definition) is 2. The molecule has 1 saturated heterocycles. The Labute approximate surface area is 91.4 Å². The van der Waals surface area contributed by atoms with Gasteiger partial charge in [-0.15, -0.1) is 0 Å². The van der Waals surface area contributed by atoms with Crippen molar-refractivity contribution in [3.05, 3.63) is 0 Å². The highest BCUT2D eigenvalue weighted by molar-refractivity contribution is 7.99. The van der Waals surface area contributed by atoms with Gasteiger partial charge in [-0.3, -0.25) is 0 Å². The van der Waals surface area contributed by atoms with Gasteiger partial charge in [-0.25, -0.2) is 0 Å². The number of fused-ring (bicyclic) bond motifs is 3. The summed E-state index contributed by atoms with van der Waals surface area (Å²) in [5, 5.41) is 3.93. The monoisotopic (exact) mass is 211 g/mol. The molecule has 2 unspecified atom stereocenters. The molecule has 0 aromatic heterocycles. The molecule has 0 amide bonds. The molecular formula is C12H21NS. The molecular weight excluding hydrogens is 190 g/mol. The lowest BCUT2D eigenvalue weighted by Gasteiger charge is -2.43. The van der Waals surface area contributed by atoms with Crippen LogP contribution in [0.15, 0.2) is 0 Å². The Morgan fingerprint density at radius 2 is 1.86 bits per heavy atom.